The number of ether oxygens (including phenoxy) is 2. The van der Waals surface area contributed by atoms with E-state index in [-0.39, 0.29) is 31.8 Å². The van der Waals surface area contributed by atoms with Crippen molar-refractivity contribution in [1.29, 1.82) is 0 Å². The number of hydrogen-bond acceptors (Lipinski definition) is 5. The molecule has 2 heterocycles. The molecule has 7 heteroatoms. The highest BCUT2D eigenvalue weighted by Gasteiger charge is 2.38. The Bertz CT molecular complexity index is 357. The van der Waals surface area contributed by atoms with Crippen LogP contribution in [0.5, 0.6) is 0 Å². The molecule has 2 aliphatic rings. The van der Waals surface area contributed by atoms with Crippen LogP contribution >= 0.6 is 0 Å². The van der Waals surface area contributed by atoms with Crippen molar-refractivity contribution in [1.82, 2.24) is 10.2 Å². The molecule has 0 aromatic carbocycles. The number of nitrogens with one attached hydrogen (secondary N) is 1. The maximum absolute atomic E-state index is 12.1. The molecule has 2 N–H and O–H groups in total. The molecule has 1 amide bonds. The van der Waals surface area contributed by atoms with Crippen LogP contribution in [0.2, 0.25) is 0 Å². The van der Waals surface area contributed by atoms with Gasteiger partial charge in [-0.1, -0.05) is 0 Å². The molecule has 0 aromatic heterocycles. The molecule has 2 aliphatic heterocycles. The molecule has 2 fully saturated rings. The molecule has 2 rings (SSSR count). The SMILES string of the molecule is CN(C(=O)COC1CCNCC1)C1COCC1C(=O)O. The Labute approximate surface area is 118 Å². The van der Waals surface area contributed by atoms with Crippen molar-refractivity contribution >= 4 is 11.9 Å². The number of amides is 1. The predicted octanol–water partition coefficient (Wildman–Crippen LogP) is -0.687. The third-order valence-electron chi connectivity index (χ3n) is 3.99. The van der Waals surface area contributed by atoms with Crippen molar-refractivity contribution in [2.45, 2.75) is 25.0 Å². The second-order valence-corrected chi connectivity index (χ2v) is 5.31. The molecule has 0 spiro atoms. The molecule has 0 saturated carbocycles. The summed E-state index contributed by atoms with van der Waals surface area (Å²) in [6.45, 7) is 2.25. The fourth-order valence-electron chi connectivity index (χ4n) is 2.60. The Kier molecular flexibility index (Phi) is 5.33. The molecule has 2 unspecified atom stereocenters. The van der Waals surface area contributed by atoms with Crippen LogP contribution < -0.4 is 5.32 Å². The van der Waals surface area contributed by atoms with Crippen LogP contribution in [0.25, 0.3) is 0 Å². The summed E-state index contributed by atoms with van der Waals surface area (Å²) in [7, 11) is 1.61. The Morgan fingerprint density at radius 3 is 2.70 bits per heavy atom. The van der Waals surface area contributed by atoms with Gasteiger partial charge in [0.25, 0.3) is 0 Å². The highest BCUT2D eigenvalue weighted by Crippen LogP contribution is 2.19. The highest BCUT2D eigenvalue weighted by atomic mass is 16.5. The van der Waals surface area contributed by atoms with E-state index in [1.807, 2.05) is 0 Å². The molecule has 0 aromatic rings. The molecule has 0 radical (unpaired) electrons. The van der Waals surface area contributed by atoms with Gasteiger partial charge in [-0.25, -0.2) is 0 Å². The van der Waals surface area contributed by atoms with Crippen LogP contribution in [0.15, 0.2) is 0 Å². The molecule has 7 nitrogen and oxygen atoms in total. The average molecular weight is 286 g/mol. The second kappa shape index (κ2) is 7.01. The highest BCUT2D eigenvalue weighted by molar-refractivity contribution is 5.79. The van der Waals surface area contributed by atoms with Crippen LogP contribution in [-0.2, 0) is 19.1 Å². The summed E-state index contributed by atoms with van der Waals surface area (Å²) < 4.78 is 10.8. The number of aliphatic carboxylic acids is 1. The lowest BCUT2D eigenvalue weighted by molar-refractivity contribution is -0.146. The van der Waals surface area contributed by atoms with E-state index in [2.05, 4.69) is 5.32 Å². The van der Waals surface area contributed by atoms with Gasteiger partial charge in [0.15, 0.2) is 0 Å². The van der Waals surface area contributed by atoms with E-state index in [4.69, 9.17) is 14.6 Å². The number of hydrogen-bond donors (Lipinski definition) is 2. The first-order chi connectivity index (χ1) is 9.59. The minimum atomic E-state index is -0.925. The number of likely N-dealkylation sites (N-methyl/N-ethyl adjacent to an activating group) is 1. The molecule has 20 heavy (non-hydrogen) atoms. The molecule has 2 atom stereocenters. The van der Waals surface area contributed by atoms with Crippen molar-refractivity contribution in [3.63, 3.8) is 0 Å². The summed E-state index contributed by atoms with van der Waals surface area (Å²) >= 11 is 0. The summed E-state index contributed by atoms with van der Waals surface area (Å²) in [6.07, 6.45) is 1.92. The number of carbonyl (C=O) groups is 2. The third kappa shape index (κ3) is 3.68. The number of rotatable bonds is 5. The third-order valence-corrected chi connectivity index (χ3v) is 3.99. The first kappa shape index (κ1) is 15.2. The number of carboxylic acid groups (broad SMARTS) is 1. The first-order valence-electron chi connectivity index (χ1n) is 6.98. The van der Waals surface area contributed by atoms with E-state index in [1.54, 1.807) is 7.05 Å². The van der Waals surface area contributed by atoms with E-state index in [0.717, 1.165) is 25.9 Å². The van der Waals surface area contributed by atoms with Crippen LogP contribution in [0.3, 0.4) is 0 Å². The van der Waals surface area contributed by atoms with Crippen molar-refractivity contribution < 1.29 is 24.2 Å². The summed E-state index contributed by atoms with van der Waals surface area (Å²) in [5, 5.41) is 12.3. The fraction of sp³-hybridized carbons (Fsp3) is 0.846. The number of carbonyl (C=O) groups excluding carboxylic acids is 1. The molecular weight excluding hydrogens is 264 g/mol. The van der Waals surface area contributed by atoms with Crippen molar-refractivity contribution in [2.75, 3.05) is 40.0 Å². The monoisotopic (exact) mass is 286 g/mol. The topological polar surface area (TPSA) is 88.1 Å². The van der Waals surface area contributed by atoms with Crippen molar-refractivity contribution in [2.24, 2.45) is 5.92 Å². The van der Waals surface area contributed by atoms with Gasteiger partial charge in [-0.15, -0.1) is 0 Å². The van der Waals surface area contributed by atoms with E-state index < -0.39 is 17.9 Å². The van der Waals surface area contributed by atoms with Crippen molar-refractivity contribution in [3.05, 3.63) is 0 Å². The lowest BCUT2D eigenvalue weighted by Crippen LogP contribution is -2.46. The Morgan fingerprint density at radius 1 is 1.35 bits per heavy atom. The lowest BCUT2D eigenvalue weighted by Gasteiger charge is -2.28. The maximum atomic E-state index is 12.1. The predicted molar refractivity (Wildman–Crippen MR) is 70.3 cm³/mol. The minimum Gasteiger partial charge on any atom is -0.481 e. The van der Waals surface area contributed by atoms with Crippen LogP contribution in [0.1, 0.15) is 12.8 Å². The van der Waals surface area contributed by atoms with Crippen LogP contribution in [0.4, 0.5) is 0 Å². The van der Waals surface area contributed by atoms with Gasteiger partial charge in [-0.2, -0.15) is 0 Å². The molecular formula is C13H22N2O5. The van der Waals surface area contributed by atoms with Gasteiger partial charge in [0, 0.05) is 7.05 Å². The number of carboxylic acids is 1. The Morgan fingerprint density at radius 2 is 2.05 bits per heavy atom. The first-order valence-corrected chi connectivity index (χ1v) is 6.98. The van der Waals surface area contributed by atoms with Gasteiger partial charge in [0.05, 0.1) is 25.4 Å². The average Bonchev–Trinajstić information content (AvgIpc) is 2.94. The van der Waals surface area contributed by atoms with Crippen molar-refractivity contribution in [3.8, 4) is 0 Å². The molecule has 0 aliphatic carbocycles. The largest absolute Gasteiger partial charge is 0.481 e. The van der Waals surface area contributed by atoms with Gasteiger partial charge in [-0.3, -0.25) is 9.59 Å². The van der Waals surface area contributed by atoms with Gasteiger partial charge in [-0.05, 0) is 25.9 Å². The Hall–Kier alpha value is -1.18. The summed E-state index contributed by atoms with van der Waals surface area (Å²) in [4.78, 5) is 24.6. The van der Waals surface area contributed by atoms with Gasteiger partial charge >= 0.3 is 5.97 Å². The molecule has 2 saturated heterocycles. The zero-order valence-electron chi connectivity index (χ0n) is 11.7. The van der Waals surface area contributed by atoms with Gasteiger partial charge < -0.3 is 24.8 Å². The van der Waals surface area contributed by atoms with Crippen LogP contribution in [0, 0.1) is 5.92 Å². The summed E-state index contributed by atoms with van der Waals surface area (Å²) in [6, 6.07) is -0.406. The molecule has 0 bridgehead atoms. The maximum Gasteiger partial charge on any atom is 0.311 e. The van der Waals surface area contributed by atoms with Gasteiger partial charge in [0.2, 0.25) is 5.91 Å². The fourth-order valence-corrected chi connectivity index (χ4v) is 2.60. The quantitative estimate of drug-likeness (QED) is 0.696. The van der Waals surface area contributed by atoms with Gasteiger partial charge in [0.1, 0.15) is 12.5 Å². The van der Waals surface area contributed by atoms with E-state index in [1.165, 1.54) is 4.90 Å². The Balaban J connectivity index is 1.80. The second-order valence-electron chi connectivity index (χ2n) is 5.31. The number of piperidine rings is 1. The summed E-state index contributed by atoms with van der Waals surface area (Å²) in [5.41, 5.74) is 0. The van der Waals surface area contributed by atoms with Crippen LogP contribution in [-0.4, -0.2) is 74.0 Å². The molecule has 114 valence electrons. The minimum absolute atomic E-state index is 0.00397. The van der Waals surface area contributed by atoms with E-state index >= 15 is 0 Å². The standard InChI is InChI=1S/C13H22N2O5/c1-15(11-7-19-6-10(11)13(17)18)12(16)8-20-9-2-4-14-5-3-9/h9-11,14H,2-8H2,1H3,(H,17,18). The smallest absolute Gasteiger partial charge is 0.311 e. The lowest BCUT2D eigenvalue weighted by atomic mass is 10.0. The van der Waals surface area contributed by atoms with E-state index in [9.17, 15) is 9.59 Å². The zero-order valence-corrected chi connectivity index (χ0v) is 11.7. The normalized spacial score (nSPS) is 27.4. The summed E-state index contributed by atoms with van der Waals surface area (Å²) in [5.74, 6) is -1.76. The van der Waals surface area contributed by atoms with E-state index in [0.29, 0.717) is 0 Å². The zero-order chi connectivity index (χ0) is 14.5. The number of nitrogens with zero attached hydrogens (tertiary/aromatic N) is 1.